The molecule has 9 nitrogen and oxygen atoms in total. The van der Waals surface area contributed by atoms with Crippen LogP contribution in [-0.2, 0) is 23.9 Å². The lowest BCUT2D eigenvalue weighted by atomic mass is 9.71. The molecule has 3 N–H and O–H groups in total. The van der Waals surface area contributed by atoms with Gasteiger partial charge in [-0.2, -0.15) is 4.39 Å². The fraction of sp³-hybridized carbons (Fsp3) is 0.613. The number of nitrogens with zero attached hydrogens (tertiary/aromatic N) is 1. The number of rotatable bonds is 12. The first-order valence-corrected chi connectivity index (χ1v) is 15.5. The first kappa shape index (κ1) is 33.6. The van der Waals surface area contributed by atoms with Crippen LogP contribution in [0.1, 0.15) is 59.3 Å². The maximum absolute atomic E-state index is 15.3. The van der Waals surface area contributed by atoms with E-state index in [4.69, 9.17) is 16.3 Å². The molecule has 3 saturated heterocycles. The predicted octanol–water partition coefficient (Wildman–Crippen LogP) is 4.61. The van der Waals surface area contributed by atoms with Crippen LogP contribution < -0.4 is 16.0 Å². The summed E-state index contributed by atoms with van der Waals surface area (Å²) in [7, 11) is 0. The molecular weight excluding hydrogens is 601 g/mol. The fourth-order valence-electron chi connectivity index (χ4n) is 6.53. The number of anilines is 1. The van der Waals surface area contributed by atoms with Crippen molar-refractivity contribution in [2.45, 2.75) is 89.4 Å². The minimum atomic E-state index is -3.21. The van der Waals surface area contributed by atoms with Crippen LogP contribution in [0.3, 0.4) is 0 Å². The Kier molecular flexibility index (Phi) is 10.9. The summed E-state index contributed by atoms with van der Waals surface area (Å²) in [6, 6.07) is 2.33. The van der Waals surface area contributed by atoms with Crippen molar-refractivity contribution in [1.29, 1.82) is 0 Å². The quantitative estimate of drug-likeness (QED) is 0.227. The summed E-state index contributed by atoms with van der Waals surface area (Å²) in [5, 5.41) is 8.90. The van der Waals surface area contributed by atoms with E-state index in [-0.39, 0.29) is 31.3 Å². The number of nitrogens with one attached hydrogen (secondary N) is 3. The molecule has 0 spiro atoms. The van der Waals surface area contributed by atoms with Gasteiger partial charge in [0.15, 0.2) is 0 Å². The number of hydrogen-bond acceptors (Lipinski definition) is 6. The zero-order valence-electron chi connectivity index (χ0n) is 25.1. The van der Waals surface area contributed by atoms with Gasteiger partial charge in [-0.3, -0.25) is 14.4 Å². The number of piperidine rings is 2. The number of carbonyl (C=O) groups is 4. The number of hydrogen-bond donors (Lipinski definition) is 3. The zero-order chi connectivity index (χ0) is 32.2. The largest absolute Gasteiger partial charge is 0.461 e. The Morgan fingerprint density at radius 1 is 1.23 bits per heavy atom. The Bertz CT molecular complexity index is 1280. The number of halogens is 4. The summed E-state index contributed by atoms with van der Waals surface area (Å²) in [5.74, 6) is -9.42. The molecule has 0 radical (unpaired) electrons. The molecule has 4 fully saturated rings. The number of carbonyl (C=O) groups excluding carboxylic acids is 4. The van der Waals surface area contributed by atoms with E-state index in [0.29, 0.717) is 36.5 Å². The van der Waals surface area contributed by atoms with Crippen molar-refractivity contribution in [3.63, 3.8) is 0 Å². The van der Waals surface area contributed by atoms with Crippen molar-refractivity contribution in [2.24, 2.45) is 17.8 Å². The average molecular weight is 641 g/mol. The first-order valence-electron chi connectivity index (χ1n) is 15.1. The molecule has 1 aromatic carbocycles. The molecule has 1 aliphatic carbocycles. The van der Waals surface area contributed by atoms with Crippen LogP contribution >= 0.6 is 11.6 Å². The second kappa shape index (κ2) is 14.2. The Balaban J connectivity index is 1.65. The van der Waals surface area contributed by atoms with Crippen LogP contribution in [-0.4, -0.2) is 71.8 Å². The van der Waals surface area contributed by atoms with Gasteiger partial charge >= 0.3 is 5.97 Å². The number of fused-ring (bicyclic) bond motifs is 3. The van der Waals surface area contributed by atoms with Crippen molar-refractivity contribution < 1.29 is 37.1 Å². The molecule has 13 heteroatoms. The summed E-state index contributed by atoms with van der Waals surface area (Å²) < 4.78 is 50.1. The number of amides is 3. The fourth-order valence-corrected chi connectivity index (χ4v) is 6.72. The lowest BCUT2D eigenvalue weighted by Crippen LogP contribution is -2.70. The topological polar surface area (TPSA) is 117 Å². The third-order valence-corrected chi connectivity index (χ3v) is 8.71. The second-order valence-electron chi connectivity index (χ2n) is 12.2. The number of ether oxygens (including phenoxy) is 1. The van der Waals surface area contributed by atoms with Gasteiger partial charge in [0.05, 0.1) is 18.6 Å². The molecular formula is C31H40ClF3N4O5. The lowest BCUT2D eigenvalue weighted by molar-refractivity contribution is -0.194. The van der Waals surface area contributed by atoms with Gasteiger partial charge in [0.25, 0.3) is 5.92 Å². The standard InChI is InChI=1S/C31H40ClF3N4O5/c1-4-44-30(43)24(33)15-21(13-18-10-11-36-27(18)40)38-28(41)26-23-9-8-22(16-31(23,34)35)39(26)29(42)25(12-17(2)3)37-20-7-5-6-19(32)14-20/h5-7,14-15,17-18,21-23,25-26,37H,4,8-13,16H2,1-3H3,(H,36,40)(H,38,41)/b24-15+/t18-,21-,22-,23-,25+,26-/m1/s1. The smallest absolute Gasteiger partial charge is 0.366 e. The molecule has 0 aromatic heterocycles. The number of benzene rings is 1. The van der Waals surface area contributed by atoms with E-state index in [1.165, 1.54) is 11.8 Å². The van der Waals surface area contributed by atoms with Gasteiger partial charge < -0.3 is 25.6 Å². The van der Waals surface area contributed by atoms with Crippen LogP contribution in [0, 0.1) is 17.8 Å². The molecule has 242 valence electrons. The van der Waals surface area contributed by atoms with E-state index in [2.05, 4.69) is 16.0 Å². The van der Waals surface area contributed by atoms with Gasteiger partial charge in [-0.05, 0) is 69.2 Å². The van der Waals surface area contributed by atoms with E-state index in [0.717, 1.165) is 6.08 Å². The Hall–Kier alpha value is -3.28. The normalized spacial score (nSPS) is 25.8. The van der Waals surface area contributed by atoms with Crippen molar-refractivity contribution in [3.05, 3.63) is 41.2 Å². The molecule has 1 saturated carbocycles. The van der Waals surface area contributed by atoms with Crippen LogP contribution in [0.15, 0.2) is 36.2 Å². The third-order valence-electron chi connectivity index (χ3n) is 8.48. The molecule has 5 rings (SSSR count). The van der Waals surface area contributed by atoms with Crippen molar-refractivity contribution in [2.75, 3.05) is 18.5 Å². The summed E-state index contributed by atoms with van der Waals surface area (Å²) in [4.78, 5) is 53.7. The molecule has 4 aliphatic rings. The van der Waals surface area contributed by atoms with Gasteiger partial charge in [0.1, 0.15) is 12.1 Å². The van der Waals surface area contributed by atoms with Gasteiger partial charge in [-0.25, -0.2) is 13.6 Å². The second-order valence-corrected chi connectivity index (χ2v) is 12.6. The maximum atomic E-state index is 15.3. The summed E-state index contributed by atoms with van der Waals surface area (Å²) in [5.41, 5.74) is 0.569. The van der Waals surface area contributed by atoms with E-state index >= 15 is 8.78 Å². The monoisotopic (exact) mass is 640 g/mol. The Morgan fingerprint density at radius 2 is 1.98 bits per heavy atom. The summed E-state index contributed by atoms with van der Waals surface area (Å²) >= 11 is 6.14. The molecule has 2 bridgehead atoms. The lowest BCUT2D eigenvalue weighted by Gasteiger charge is -2.54. The number of esters is 1. The van der Waals surface area contributed by atoms with Gasteiger partial charge in [-0.1, -0.05) is 31.5 Å². The summed E-state index contributed by atoms with van der Waals surface area (Å²) in [6.07, 6.45) is 1.32. The van der Waals surface area contributed by atoms with Crippen LogP contribution in [0.4, 0.5) is 18.9 Å². The van der Waals surface area contributed by atoms with Gasteiger partial charge in [-0.15, -0.1) is 0 Å². The molecule has 3 heterocycles. The molecule has 3 aliphatic heterocycles. The molecule has 1 aromatic rings. The van der Waals surface area contributed by atoms with E-state index in [1.54, 1.807) is 24.3 Å². The highest BCUT2D eigenvalue weighted by atomic mass is 35.5. The SMILES string of the molecule is CCOC(=O)/C(F)=C\[C@@H](C[C@H]1CCNC1=O)NC(=O)[C@H]1[C@H]2CC[C@H](CC2(F)F)N1C(=O)[C@H](CC(C)C)Nc1cccc(Cl)c1. The number of alkyl halides is 2. The minimum absolute atomic E-state index is 0.0266. The van der Waals surface area contributed by atoms with Crippen molar-refractivity contribution in [3.8, 4) is 0 Å². The molecule has 6 atom stereocenters. The van der Waals surface area contributed by atoms with E-state index in [1.807, 2.05) is 13.8 Å². The predicted molar refractivity (Wildman–Crippen MR) is 159 cm³/mol. The maximum Gasteiger partial charge on any atom is 0.366 e. The van der Waals surface area contributed by atoms with Crippen LogP contribution in [0.25, 0.3) is 0 Å². The zero-order valence-corrected chi connectivity index (χ0v) is 25.8. The minimum Gasteiger partial charge on any atom is -0.461 e. The van der Waals surface area contributed by atoms with E-state index < -0.39 is 72.0 Å². The van der Waals surface area contributed by atoms with Crippen molar-refractivity contribution in [1.82, 2.24) is 15.5 Å². The highest BCUT2D eigenvalue weighted by Crippen LogP contribution is 2.49. The van der Waals surface area contributed by atoms with Crippen molar-refractivity contribution >= 4 is 41.0 Å². The highest BCUT2D eigenvalue weighted by molar-refractivity contribution is 6.30. The van der Waals surface area contributed by atoms with E-state index in [9.17, 15) is 23.6 Å². The highest BCUT2D eigenvalue weighted by Gasteiger charge is 2.61. The Labute approximate surface area is 260 Å². The first-order chi connectivity index (χ1) is 20.8. The van der Waals surface area contributed by atoms with Crippen LogP contribution in [0.5, 0.6) is 0 Å². The third kappa shape index (κ3) is 7.86. The van der Waals surface area contributed by atoms with Crippen LogP contribution in [0.2, 0.25) is 5.02 Å². The average Bonchev–Trinajstić information content (AvgIpc) is 3.35. The van der Waals surface area contributed by atoms with Gasteiger partial charge in [0.2, 0.25) is 23.5 Å². The molecule has 3 amide bonds. The van der Waals surface area contributed by atoms with Gasteiger partial charge in [0, 0.05) is 35.6 Å². The molecule has 0 unspecified atom stereocenters. The Morgan fingerprint density at radius 3 is 2.59 bits per heavy atom. The summed E-state index contributed by atoms with van der Waals surface area (Å²) in [6.45, 7) is 5.67. The molecule has 44 heavy (non-hydrogen) atoms.